The van der Waals surface area contributed by atoms with Crippen LogP contribution in [-0.4, -0.2) is 23.3 Å². The number of para-hydroxylation sites is 1. The minimum Gasteiger partial charge on any atom is -0.490 e. The maximum absolute atomic E-state index is 12.7. The third-order valence-corrected chi connectivity index (χ3v) is 6.13. The molecule has 0 aliphatic carbocycles. The summed E-state index contributed by atoms with van der Waals surface area (Å²) in [4.78, 5) is 31.3. The molecule has 2 heterocycles. The fourth-order valence-electron chi connectivity index (χ4n) is 3.51. The predicted molar refractivity (Wildman–Crippen MR) is 132 cm³/mol. The summed E-state index contributed by atoms with van der Waals surface area (Å²) in [5.41, 5.74) is 4.06. The molecule has 33 heavy (non-hydrogen) atoms. The first-order chi connectivity index (χ1) is 15.9. The number of allylic oxidation sites excluding steroid dienone is 1. The van der Waals surface area contributed by atoms with E-state index in [4.69, 9.17) is 9.15 Å². The SMILES string of the molecule is CCOc1cccc2cc(C(=O)/C=C/c3csc(N(C(C)=O)c4cccc(C)c4C)n3)oc12. The van der Waals surface area contributed by atoms with Crippen LogP contribution in [0.4, 0.5) is 10.8 Å². The van der Waals surface area contributed by atoms with Gasteiger partial charge in [0.25, 0.3) is 0 Å². The molecule has 7 heteroatoms. The molecule has 0 aliphatic rings. The number of carbonyl (C=O) groups is 2. The lowest BCUT2D eigenvalue weighted by atomic mass is 10.1. The third-order valence-electron chi connectivity index (χ3n) is 5.29. The number of aryl methyl sites for hydroxylation is 1. The van der Waals surface area contributed by atoms with E-state index in [1.165, 1.54) is 24.3 Å². The summed E-state index contributed by atoms with van der Waals surface area (Å²) in [5, 5.41) is 3.17. The highest BCUT2D eigenvalue weighted by molar-refractivity contribution is 7.14. The van der Waals surface area contributed by atoms with Crippen molar-refractivity contribution in [2.24, 2.45) is 0 Å². The number of thiazole rings is 1. The highest BCUT2D eigenvalue weighted by atomic mass is 32.1. The zero-order chi connectivity index (χ0) is 23.5. The molecule has 6 nitrogen and oxygen atoms in total. The number of fused-ring (bicyclic) bond motifs is 1. The number of ether oxygens (including phenoxy) is 1. The number of rotatable bonds is 7. The van der Waals surface area contributed by atoms with Gasteiger partial charge in [0.1, 0.15) is 0 Å². The van der Waals surface area contributed by atoms with Gasteiger partial charge in [-0.15, -0.1) is 11.3 Å². The highest BCUT2D eigenvalue weighted by Crippen LogP contribution is 2.33. The summed E-state index contributed by atoms with van der Waals surface area (Å²) in [6.45, 7) is 7.91. The third kappa shape index (κ3) is 4.59. The Bertz CT molecular complexity index is 1370. The van der Waals surface area contributed by atoms with Crippen molar-refractivity contribution in [3.05, 3.63) is 76.5 Å². The zero-order valence-electron chi connectivity index (χ0n) is 18.9. The second kappa shape index (κ2) is 9.42. The summed E-state index contributed by atoms with van der Waals surface area (Å²) in [5.74, 6) is 0.431. The summed E-state index contributed by atoms with van der Waals surface area (Å²) < 4.78 is 11.3. The monoisotopic (exact) mass is 460 g/mol. The molecule has 0 saturated carbocycles. The first kappa shape index (κ1) is 22.5. The average Bonchev–Trinajstić information content (AvgIpc) is 3.43. The van der Waals surface area contributed by atoms with Crippen molar-refractivity contribution < 1.29 is 18.7 Å². The normalized spacial score (nSPS) is 11.3. The van der Waals surface area contributed by atoms with Crippen LogP contribution in [0.1, 0.15) is 41.2 Å². The Morgan fingerprint density at radius 3 is 2.73 bits per heavy atom. The lowest BCUT2D eigenvalue weighted by molar-refractivity contribution is -0.115. The lowest BCUT2D eigenvalue weighted by Gasteiger charge is -2.21. The molecule has 0 fully saturated rings. The summed E-state index contributed by atoms with van der Waals surface area (Å²) in [7, 11) is 0. The zero-order valence-corrected chi connectivity index (χ0v) is 19.7. The number of carbonyl (C=O) groups excluding carboxylic acids is 2. The number of amides is 1. The van der Waals surface area contributed by atoms with Crippen LogP contribution in [0.15, 0.2) is 58.3 Å². The number of hydrogen-bond donors (Lipinski definition) is 0. The van der Waals surface area contributed by atoms with Gasteiger partial charge in [-0.3, -0.25) is 14.5 Å². The van der Waals surface area contributed by atoms with Gasteiger partial charge in [0, 0.05) is 17.7 Å². The lowest BCUT2D eigenvalue weighted by Crippen LogP contribution is -2.23. The molecule has 2 aromatic carbocycles. The van der Waals surface area contributed by atoms with Crippen LogP contribution < -0.4 is 9.64 Å². The molecule has 4 aromatic rings. The van der Waals surface area contributed by atoms with Gasteiger partial charge < -0.3 is 9.15 Å². The fourth-order valence-corrected chi connectivity index (χ4v) is 4.36. The Morgan fingerprint density at radius 1 is 1.18 bits per heavy atom. The first-order valence-corrected chi connectivity index (χ1v) is 11.5. The van der Waals surface area contributed by atoms with E-state index < -0.39 is 0 Å². The molecular formula is C26H24N2O4S. The van der Waals surface area contributed by atoms with Gasteiger partial charge in [0.15, 0.2) is 22.2 Å². The van der Waals surface area contributed by atoms with E-state index in [2.05, 4.69) is 4.98 Å². The number of aromatic nitrogens is 1. The number of anilines is 2. The Morgan fingerprint density at radius 2 is 1.97 bits per heavy atom. The Balaban J connectivity index is 1.58. The number of hydrogen-bond acceptors (Lipinski definition) is 6. The van der Waals surface area contributed by atoms with E-state index >= 15 is 0 Å². The van der Waals surface area contributed by atoms with Crippen molar-refractivity contribution in [2.45, 2.75) is 27.7 Å². The van der Waals surface area contributed by atoms with Crippen LogP contribution in [-0.2, 0) is 4.79 Å². The minimum absolute atomic E-state index is 0.128. The Labute approximate surface area is 196 Å². The minimum atomic E-state index is -0.277. The van der Waals surface area contributed by atoms with E-state index in [1.807, 2.05) is 62.5 Å². The van der Waals surface area contributed by atoms with Crippen LogP contribution in [0.25, 0.3) is 17.0 Å². The second-order valence-electron chi connectivity index (χ2n) is 7.54. The standard InChI is InChI=1S/C26H24N2O4S/c1-5-31-23-11-7-9-19-14-24(32-25(19)23)22(30)13-12-20-15-33-26(27-20)28(18(4)29)21-10-6-8-16(2)17(21)3/h6-15H,5H2,1-4H3/b13-12+. The molecule has 0 saturated heterocycles. The van der Waals surface area contributed by atoms with Crippen LogP contribution in [0.2, 0.25) is 0 Å². The summed E-state index contributed by atoms with van der Waals surface area (Å²) in [6.07, 6.45) is 3.05. The van der Waals surface area contributed by atoms with Crippen LogP contribution in [0, 0.1) is 13.8 Å². The van der Waals surface area contributed by atoms with Crippen LogP contribution in [0.5, 0.6) is 5.75 Å². The van der Waals surface area contributed by atoms with Gasteiger partial charge in [0.2, 0.25) is 11.7 Å². The number of ketones is 1. The number of nitrogens with zero attached hydrogens (tertiary/aromatic N) is 2. The molecule has 2 aromatic heterocycles. The molecule has 0 atom stereocenters. The molecule has 0 N–H and O–H groups in total. The quantitative estimate of drug-likeness (QED) is 0.233. The molecule has 4 rings (SSSR count). The van der Waals surface area contributed by atoms with E-state index in [-0.39, 0.29) is 17.5 Å². The fraction of sp³-hybridized carbons (Fsp3) is 0.192. The van der Waals surface area contributed by atoms with Gasteiger partial charge in [-0.1, -0.05) is 24.3 Å². The van der Waals surface area contributed by atoms with E-state index in [9.17, 15) is 9.59 Å². The van der Waals surface area contributed by atoms with Crippen molar-refractivity contribution in [3.8, 4) is 5.75 Å². The molecular weight excluding hydrogens is 436 g/mol. The second-order valence-corrected chi connectivity index (χ2v) is 8.38. The largest absolute Gasteiger partial charge is 0.490 e. The Kier molecular flexibility index (Phi) is 6.42. The average molecular weight is 461 g/mol. The van der Waals surface area contributed by atoms with E-state index in [0.717, 1.165) is 22.2 Å². The maximum Gasteiger partial charge on any atom is 0.230 e. The number of furan rings is 1. The Hall–Kier alpha value is -3.71. The van der Waals surface area contributed by atoms with Crippen molar-refractivity contribution in [3.63, 3.8) is 0 Å². The van der Waals surface area contributed by atoms with Crippen LogP contribution in [0.3, 0.4) is 0 Å². The molecule has 0 unspecified atom stereocenters. The van der Waals surface area contributed by atoms with E-state index in [1.54, 1.807) is 17.0 Å². The molecule has 0 aliphatic heterocycles. The molecule has 0 spiro atoms. The molecule has 0 bridgehead atoms. The van der Waals surface area contributed by atoms with Gasteiger partial charge in [0.05, 0.1) is 18.0 Å². The molecule has 0 radical (unpaired) electrons. The molecule has 168 valence electrons. The molecule has 1 amide bonds. The van der Waals surface area contributed by atoms with Gasteiger partial charge >= 0.3 is 0 Å². The van der Waals surface area contributed by atoms with Crippen molar-refractivity contribution in [1.82, 2.24) is 4.98 Å². The topological polar surface area (TPSA) is 72.6 Å². The van der Waals surface area contributed by atoms with Gasteiger partial charge in [-0.25, -0.2) is 4.98 Å². The van der Waals surface area contributed by atoms with Crippen molar-refractivity contribution in [2.75, 3.05) is 11.5 Å². The smallest absolute Gasteiger partial charge is 0.230 e. The van der Waals surface area contributed by atoms with Crippen LogP contribution >= 0.6 is 11.3 Å². The van der Waals surface area contributed by atoms with Gasteiger partial charge in [-0.05, 0) is 62.2 Å². The summed E-state index contributed by atoms with van der Waals surface area (Å²) >= 11 is 1.35. The maximum atomic E-state index is 12.7. The number of benzene rings is 2. The first-order valence-electron chi connectivity index (χ1n) is 10.6. The van der Waals surface area contributed by atoms with E-state index in [0.29, 0.717) is 28.8 Å². The predicted octanol–water partition coefficient (Wildman–Crippen LogP) is 6.49. The van der Waals surface area contributed by atoms with Crippen molar-refractivity contribution in [1.29, 1.82) is 0 Å². The summed E-state index contributed by atoms with van der Waals surface area (Å²) in [6, 6.07) is 13.1. The van der Waals surface area contributed by atoms with Crippen molar-refractivity contribution >= 4 is 50.9 Å². The van der Waals surface area contributed by atoms with Gasteiger partial charge in [-0.2, -0.15) is 0 Å². The highest BCUT2D eigenvalue weighted by Gasteiger charge is 2.20.